The van der Waals surface area contributed by atoms with Gasteiger partial charge < -0.3 is 10.5 Å². The van der Waals surface area contributed by atoms with Gasteiger partial charge in [0.05, 0.1) is 11.1 Å². The van der Waals surface area contributed by atoms with E-state index in [1.54, 1.807) is 20.1 Å². The van der Waals surface area contributed by atoms with Crippen molar-refractivity contribution in [1.29, 1.82) is 0 Å². The van der Waals surface area contributed by atoms with Crippen LogP contribution in [0.3, 0.4) is 0 Å². The molecule has 5 nitrogen and oxygen atoms in total. The van der Waals surface area contributed by atoms with Crippen LogP contribution >= 0.6 is 11.6 Å². The molecule has 2 unspecified atom stereocenters. The first kappa shape index (κ1) is 15.6. The van der Waals surface area contributed by atoms with Crippen molar-refractivity contribution in [2.75, 3.05) is 12.8 Å². The number of benzene rings is 1. The van der Waals surface area contributed by atoms with Gasteiger partial charge in [0.25, 0.3) is 0 Å². The summed E-state index contributed by atoms with van der Waals surface area (Å²) in [5, 5.41) is 0.186. The predicted octanol–water partition coefficient (Wildman–Crippen LogP) is 2.08. The molecule has 7 heteroatoms. The van der Waals surface area contributed by atoms with Crippen molar-refractivity contribution in [3.63, 3.8) is 0 Å². The number of hydrogen-bond acceptors (Lipinski definition) is 4. The number of aryl methyl sites for hydroxylation is 1. The first-order chi connectivity index (χ1) is 9.33. The third-order valence-electron chi connectivity index (χ3n) is 3.65. The molecule has 1 aliphatic carbocycles. The highest BCUT2D eigenvalue weighted by molar-refractivity contribution is 7.89. The van der Waals surface area contributed by atoms with Gasteiger partial charge in [0.2, 0.25) is 10.0 Å². The van der Waals surface area contributed by atoms with Crippen LogP contribution < -0.4 is 10.5 Å². The van der Waals surface area contributed by atoms with E-state index in [9.17, 15) is 8.42 Å². The Morgan fingerprint density at radius 1 is 1.40 bits per heavy atom. The van der Waals surface area contributed by atoms with Crippen LogP contribution in [0.5, 0.6) is 0 Å². The van der Waals surface area contributed by atoms with E-state index in [4.69, 9.17) is 22.1 Å². The largest absolute Gasteiger partial charge is 0.398 e. The maximum absolute atomic E-state index is 12.4. The molecule has 1 aliphatic rings. The number of rotatable bonds is 4. The summed E-state index contributed by atoms with van der Waals surface area (Å²) in [4.78, 5) is 0.0307. The molecule has 112 valence electrons. The van der Waals surface area contributed by atoms with Crippen molar-refractivity contribution in [3.05, 3.63) is 22.7 Å². The van der Waals surface area contributed by atoms with E-state index in [-0.39, 0.29) is 22.1 Å². The predicted molar refractivity (Wildman–Crippen MR) is 79.4 cm³/mol. The van der Waals surface area contributed by atoms with E-state index in [0.29, 0.717) is 12.1 Å². The zero-order valence-corrected chi connectivity index (χ0v) is 13.1. The van der Waals surface area contributed by atoms with Gasteiger partial charge in [-0.3, -0.25) is 0 Å². The summed E-state index contributed by atoms with van der Waals surface area (Å²) in [5.74, 6) is 0. The molecule has 1 saturated carbocycles. The Labute approximate surface area is 124 Å². The monoisotopic (exact) mass is 318 g/mol. The second-order valence-electron chi connectivity index (χ2n) is 5.13. The summed E-state index contributed by atoms with van der Waals surface area (Å²) in [6.45, 7) is 1.78. The van der Waals surface area contributed by atoms with Crippen LogP contribution in [0.25, 0.3) is 0 Å². The highest BCUT2D eigenvalue weighted by atomic mass is 35.5. The van der Waals surface area contributed by atoms with E-state index in [2.05, 4.69) is 4.72 Å². The number of nitrogens with one attached hydrogen (secondary N) is 1. The van der Waals surface area contributed by atoms with Gasteiger partial charge in [0.15, 0.2) is 0 Å². The van der Waals surface area contributed by atoms with Gasteiger partial charge in [-0.15, -0.1) is 0 Å². The Hall–Kier alpha value is -0.820. The molecule has 0 heterocycles. The Bertz CT molecular complexity index is 604. The topological polar surface area (TPSA) is 81.4 Å². The normalized spacial score (nSPS) is 23.1. The number of nitrogens with two attached hydrogens (primary N) is 1. The van der Waals surface area contributed by atoms with E-state index in [1.165, 1.54) is 6.07 Å². The van der Waals surface area contributed by atoms with Gasteiger partial charge >= 0.3 is 0 Å². The number of nitrogen functional groups attached to an aromatic ring is 1. The second-order valence-corrected chi connectivity index (χ2v) is 7.22. The number of methoxy groups -OCH3 is 1. The summed E-state index contributed by atoms with van der Waals surface area (Å²) in [7, 11) is -2.02. The van der Waals surface area contributed by atoms with Crippen LogP contribution in [0.1, 0.15) is 24.8 Å². The number of hydrogen-bond donors (Lipinski definition) is 2. The molecule has 0 radical (unpaired) electrons. The zero-order valence-electron chi connectivity index (χ0n) is 11.5. The first-order valence-electron chi connectivity index (χ1n) is 6.44. The molecule has 0 aliphatic heterocycles. The Balaban J connectivity index is 2.21. The average molecular weight is 319 g/mol. The van der Waals surface area contributed by atoms with E-state index >= 15 is 0 Å². The SMILES string of the molecule is COC1CCC(NS(=O)(=O)c2cc(N)c(C)cc2Cl)C1. The summed E-state index contributed by atoms with van der Waals surface area (Å²) in [6.07, 6.45) is 2.40. The second kappa shape index (κ2) is 5.89. The highest BCUT2D eigenvalue weighted by Crippen LogP contribution is 2.28. The van der Waals surface area contributed by atoms with Gasteiger partial charge in [-0.05, 0) is 43.9 Å². The van der Waals surface area contributed by atoms with Crippen LogP contribution in [0.2, 0.25) is 5.02 Å². The van der Waals surface area contributed by atoms with Crippen LogP contribution in [0.4, 0.5) is 5.69 Å². The molecule has 20 heavy (non-hydrogen) atoms. The Kier molecular flexibility index (Phi) is 4.59. The quantitative estimate of drug-likeness (QED) is 0.833. The summed E-state index contributed by atoms with van der Waals surface area (Å²) >= 11 is 6.03. The van der Waals surface area contributed by atoms with Crippen molar-refractivity contribution in [2.24, 2.45) is 0 Å². The van der Waals surface area contributed by atoms with Gasteiger partial charge in [-0.25, -0.2) is 13.1 Å². The fourth-order valence-electron chi connectivity index (χ4n) is 2.42. The number of halogens is 1. The standard InChI is InChI=1S/C13H19ClN2O3S/c1-8-5-11(14)13(7-12(8)15)20(17,18)16-9-3-4-10(6-9)19-2/h5,7,9-10,16H,3-4,6,15H2,1-2H3. The van der Waals surface area contributed by atoms with Gasteiger partial charge in [-0.1, -0.05) is 11.6 Å². The molecular weight excluding hydrogens is 300 g/mol. The third-order valence-corrected chi connectivity index (χ3v) is 5.63. The minimum Gasteiger partial charge on any atom is -0.398 e. The summed E-state index contributed by atoms with van der Waals surface area (Å²) in [5.41, 5.74) is 6.94. The van der Waals surface area contributed by atoms with Crippen molar-refractivity contribution in [2.45, 2.75) is 43.2 Å². The molecule has 0 amide bonds. The Morgan fingerprint density at radius 2 is 2.10 bits per heavy atom. The van der Waals surface area contributed by atoms with E-state index < -0.39 is 10.0 Å². The van der Waals surface area contributed by atoms with Gasteiger partial charge in [0.1, 0.15) is 4.90 Å². The van der Waals surface area contributed by atoms with Crippen molar-refractivity contribution < 1.29 is 13.2 Å². The van der Waals surface area contributed by atoms with Crippen LogP contribution in [0, 0.1) is 6.92 Å². The Morgan fingerprint density at radius 3 is 2.70 bits per heavy atom. The number of sulfonamides is 1. The lowest BCUT2D eigenvalue weighted by atomic mass is 10.2. The van der Waals surface area contributed by atoms with Gasteiger partial charge in [0, 0.05) is 18.8 Å². The molecule has 2 rings (SSSR count). The molecule has 1 aromatic carbocycles. The molecule has 0 bridgehead atoms. The zero-order chi connectivity index (χ0) is 14.9. The van der Waals surface area contributed by atoms with Crippen LogP contribution in [0.15, 0.2) is 17.0 Å². The molecule has 3 N–H and O–H groups in total. The molecule has 1 fully saturated rings. The third kappa shape index (κ3) is 3.25. The fraction of sp³-hybridized carbons (Fsp3) is 0.538. The fourth-order valence-corrected chi connectivity index (χ4v) is 4.32. The lowest BCUT2D eigenvalue weighted by Gasteiger charge is -2.15. The van der Waals surface area contributed by atoms with Crippen molar-refractivity contribution in [3.8, 4) is 0 Å². The number of anilines is 1. The van der Waals surface area contributed by atoms with E-state index in [1.807, 2.05) is 0 Å². The molecule has 2 atom stereocenters. The molecule has 1 aromatic rings. The molecular formula is C13H19ClN2O3S. The smallest absolute Gasteiger partial charge is 0.242 e. The van der Waals surface area contributed by atoms with E-state index in [0.717, 1.165) is 18.4 Å². The molecule has 0 aromatic heterocycles. The maximum Gasteiger partial charge on any atom is 0.242 e. The summed E-state index contributed by atoms with van der Waals surface area (Å²) < 4.78 is 32.7. The minimum absolute atomic E-state index is 0.0307. The maximum atomic E-state index is 12.4. The van der Waals surface area contributed by atoms with Crippen LogP contribution in [-0.2, 0) is 14.8 Å². The molecule has 0 spiro atoms. The number of ether oxygens (including phenoxy) is 1. The van der Waals surface area contributed by atoms with Crippen molar-refractivity contribution in [1.82, 2.24) is 4.72 Å². The van der Waals surface area contributed by atoms with Crippen molar-refractivity contribution >= 4 is 27.3 Å². The lowest BCUT2D eigenvalue weighted by Crippen LogP contribution is -2.33. The van der Waals surface area contributed by atoms with Crippen LogP contribution in [-0.4, -0.2) is 27.7 Å². The summed E-state index contributed by atoms with van der Waals surface area (Å²) in [6, 6.07) is 2.85. The average Bonchev–Trinajstić information content (AvgIpc) is 2.80. The lowest BCUT2D eigenvalue weighted by molar-refractivity contribution is 0.107. The van der Waals surface area contributed by atoms with Gasteiger partial charge in [-0.2, -0.15) is 0 Å². The highest BCUT2D eigenvalue weighted by Gasteiger charge is 2.29. The molecule has 0 saturated heterocycles. The minimum atomic E-state index is -3.66. The first-order valence-corrected chi connectivity index (χ1v) is 8.30.